The molecule has 0 saturated carbocycles. The third-order valence-electron chi connectivity index (χ3n) is 2.79. The number of para-hydroxylation sites is 2. The Morgan fingerprint density at radius 3 is 2.24 bits per heavy atom. The molecule has 0 aliphatic carbocycles. The fourth-order valence-corrected chi connectivity index (χ4v) is 1.83. The van der Waals surface area contributed by atoms with E-state index in [9.17, 15) is 0 Å². The average molecular weight is 287 g/mol. The van der Waals surface area contributed by atoms with E-state index in [-0.39, 0.29) is 0 Å². The van der Waals surface area contributed by atoms with E-state index in [1.807, 2.05) is 61.5 Å². The highest BCUT2D eigenvalue weighted by Crippen LogP contribution is 2.25. The highest BCUT2D eigenvalue weighted by atomic mass is 16.6. The SMILES string of the molecule is CCOc1ccccc1OCCNOCc1ccccc1. The van der Waals surface area contributed by atoms with E-state index in [0.717, 1.165) is 17.1 Å². The van der Waals surface area contributed by atoms with E-state index in [1.165, 1.54) is 0 Å². The minimum atomic E-state index is 0.513. The fraction of sp³-hybridized carbons (Fsp3) is 0.294. The van der Waals surface area contributed by atoms with Crippen LogP contribution >= 0.6 is 0 Å². The lowest BCUT2D eigenvalue weighted by atomic mass is 10.2. The van der Waals surface area contributed by atoms with Crippen LogP contribution in [0.25, 0.3) is 0 Å². The number of hydrogen-bond donors (Lipinski definition) is 1. The molecule has 0 amide bonds. The highest BCUT2D eigenvalue weighted by Gasteiger charge is 2.02. The van der Waals surface area contributed by atoms with Gasteiger partial charge in [-0.3, -0.25) is 4.84 Å². The van der Waals surface area contributed by atoms with Gasteiger partial charge in [0.15, 0.2) is 11.5 Å². The third kappa shape index (κ3) is 5.45. The second-order valence-electron chi connectivity index (χ2n) is 4.40. The first-order valence-electron chi connectivity index (χ1n) is 7.13. The van der Waals surface area contributed by atoms with Gasteiger partial charge in [0, 0.05) is 0 Å². The summed E-state index contributed by atoms with van der Waals surface area (Å²) in [6.07, 6.45) is 0. The second-order valence-corrected chi connectivity index (χ2v) is 4.40. The van der Waals surface area contributed by atoms with Crippen LogP contribution in [-0.4, -0.2) is 19.8 Å². The molecule has 0 aliphatic rings. The summed E-state index contributed by atoms with van der Waals surface area (Å²) in [7, 11) is 0. The summed E-state index contributed by atoms with van der Waals surface area (Å²) in [6, 6.07) is 17.7. The predicted octanol–water partition coefficient (Wildman–Crippen LogP) is 3.19. The van der Waals surface area contributed by atoms with Gasteiger partial charge in [-0.25, -0.2) is 0 Å². The molecule has 0 aliphatic heterocycles. The zero-order valence-electron chi connectivity index (χ0n) is 12.2. The molecule has 0 fully saturated rings. The van der Waals surface area contributed by atoms with Gasteiger partial charge in [0.05, 0.1) is 19.8 Å². The number of nitrogens with one attached hydrogen (secondary N) is 1. The van der Waals surface area contributed by atoms with Crippen LogP contribution in [0, 0.1) is 0 Å². The van der Waals surface area contributed by atoms with Crippen molar-refractivity contribution in [2.24, 2.45) is 0 Å². The molecule has 0 aromatic heterocycles. The van der Waals surface area contributed by atoms with Crippen molar-refractivity contribution in [1.82, 2.24) is 5.48 Å². The normalized spacial score (nSPS) is 10.3. The predicted molar refractivity (Wildman–Crippen MR) is 82.3 cm³/mol. The van der Waals surface area contributed by atoms with Crippen LogP contribution in [0.4, 0.5) is 0 Å². The van der Waals surface area contributed by atoms with Crippen LogP contribution in [0.1, 0.15) is 12.5 Å². The molecule has 0 bridgehead atoms. The van der Waals surface area contributed by atoms with Crippen molar-refractivity contribution >= 4 is 0 Å². The number of benzene rings is 2. The smallest absolute Gasteiger partial charge is 0.161 e. The molecule has 0 heterocycles. The van der Waals surface area contributed by atoms with Crippen LogP contribution in [0.15, 0.2) is 54.6 Å². The van der Waals surface area contributed by atoms with Gasteiger partial charge in [-0.15, -0.1) is 0 Å². The van der Waals surface area contributed by atoms with Gasteiger partial charge in [0.2, 0.25) is 0 Å². The molecule has 2 rings (SSSR count). The third-order valence-corrected chi connectivity index (χ3v) is 2.79. The molecule has 2 aromatic carbocycles. The van der Waals surface area contributed by atoms with Crippen LogP contribution in [0.2, 0.25) is 0 Å². The quantitative estimate of drug-likeness (QED) is 0.568. The highest BCUT2D eigenvalue weighted by molar-refractivity contribution is 5.39. The number of rotatable bonds is 9. The monoisotopic (exact) mass is 287 g/mol. The average Bonchev–Trinajstić information content (AvgIpc) is 2.53. The van der Waals surface area contributed by atoms with Crippen LogP contribution in [0.5, 0.6) is 11.5 Å². The Kier molecular flexibility index (Phi) is 6.58. The van der Waals surface area contributed by atoms with E-state index in [4.69, 9.17) is 14.3 Å². The maximum atomic E-state index is 5.67. The van der Waals surface area contributed by atoms with E-state index in [2.05, 4.69) is 5.48 Å². The molecule has 4 heteroatoms. The first kappa shape index (κ1) is 15.4. The van der Waals surface area contributed by atoms with Crippen molar-refractivity contribution in [3.63, 3.8) is 0 Å². The largest absolute Gasteiger partial charge is 0.490 e. The summed E-state index contributed by atoms with van der Waals surface area (Å²) in [5, 5.41) is 0. The first-order chi connectivity index (χ1) is 10.4. The van der Waals surface area contributed by atoms with Crippen LogP contribution in [0.3, 0.4) is 0 Å². The molecule has 0 saturated heterocycles. The molecule has 1 N–H and O–H groups in total. The molecule has 112 valence electrons. The van der Waals surface area contributed by atoms with Crippen molar-refractivity contribution in [2.75, 3.05) is 19.8 Å². The lowest BCUT2D eigenvalue weighted by molar-refractivity contribution is 0.0214. The Hall–Kier alpha value is -2.04. The van der Waals surface area contributed by atoms with E-state index in [0.29, 0.717) is 26.4 Å². The van der Waals surface area contributed by atoms with E-state index in [1.54, 1.807) is 0 Å². The summed E-state index contributed by atoms with van der Waals surface area (Å²) < 4.78 is 11.2. The van der Waals surface area contributed by atoms with E-state index >= 15 is 0 Å². The molecular weight excluding hydrogens is 266 g/mol. The number of hydrogen-bond acceptors (Lipinski definition) is 4. The summed E-state index contributed by atoms with van der Waals surface area (Å²) >= 11 is 0. The van der Waals surface area contributed by atoms with Crippen molar-refractivity contribution in [1.29, 1.82) is 0 Å². The van der Waals surface area contributed by atoms with Crippen molar-refractivity contribution in [3.05, 3.63) is 60.2 Å². The minimum Gasteiger partial charge on any atom is -0.490 e. The number of ether oxygens (including phenoxy) is 2. The van der Waals surface area contributed by atoms with Crippen molar-refractivity contribution in [3.8, 4) is 11.5 Å². The van der Waals surface area contributed by atoms with E-state index < -0.39 is 0 Å². The molecule has 0 radical (unpaired) electrons. The minimum absolute atomic E-state index is 0.513. The summed E-state index contributed by atoms with van der Waals surface area (Å²) in [4.78, 5) is 5.37. The van der Waals surface area contributed by atoms with Crippen molar-refractivity contribution < 1.29 is 14.3 Å². The Balaban J connectivity index is 1.64. The molecule has 2 aromatic rings. The zero-order chi connectivity index (χ0) is 14.8. The standard InChI is InChI=1S/C17H21NO3/c1-2-19-16-10-6-7-11-17(16)20-13-12-18-21-14-15-8-4-3-5-9-15/h3-11,18H,2,12-14H2,1H3. The zero-order valence-corrected chi connectivity index (χ0v) is 12.2. The van der Waals surface area contributed by atoms with Gasteiger partial charge in [-0.1, -0.05) is 42.5 Å². The topological polar surface area (TPSA) is 39.7 Å². The molecule has 0 unspecified atom stereocenters. The summed E-state index contributed by atoms with van der Waals surface area (Å²) in [6.45, 7) is 4.23. The van der Waals surface area contributed by atoms with Gasteiger partial charge < -0.3 is 9.47 Å². The molecule has 0 atom stereocenters. The van der Waals surface area contributed by atoms with Gasteiger partial charge in [0.25, 0.3) is 0 Å². The van der Waals surface area contributed by atoms with Crippen LogP contribution in [-0.2, 0) is 11.4 Å². The Morgan fingerprint density at radius 2 is 1.52 bits per heavy atom. The van der Waals surface area contributed by atoms with Gasteiger partial charge in [-0.2, -0.15) is 5.48 Å². The van der Waals surface area contributed by atoms with Crippen LogP contribution < -0.4 is 15.0 Å². The van der Waals surface area contributed by atoms with Gasteiger partial charge in [-0.05, 0) is 24.6 Å². The maximum absolute atomic E-state index is 5.67. The Bertz CT molecular complexity index is 516. The molecule has 21 heavy (non-hydrogen) atoms. The Labute approximate surface area is 125 Å². The Morgan fingerprint density at radius 1 is 0.857 bits per heavy atom. The van der Waals surface area contributed by atoms with Crippen molar-refractivity contribution in [2.45, 2.75) is 13.5 Å². The molecule has 0 spiro atoms. The fourth-order valence-electron chi connectivity index (χ4n) is 1.83. The lowest BCUT2D eigenvalue weighted by Crippen LogP contribution is -2.21. The van der Waals surface area contributed by atoms with Gasteiger partial charge >= 0.3 is 0 Å². The van der Waals surface area contributed by atoms with Gasteiger partial charge in [0.1, 0.15) is 6.61 Å². The number of hydroxylamine groups is 1. The lowest BCUT2D eigenvalue weighted by Gasteiger charge is -2.12. The molecular formula is C17H21NO3. The summed E-state index contributed by atoms with van der Waals surface area (Å²) in [5.74, 6) is 1.52. The second kappa shape index (κ2) is 9.00. The summed E-state index contributed by atoms with van der Waals surface area (Å²) in [5.41, 5.74) is 4.02. The maximum Gasteiger partial charge on any atom is 0.161 e. The molecule has 4 nitrogen and oxygen atoms in total. The first-order valence-corrected chi connectivity index (χ1v) is 7.13.